The fraction of sp³-hybridized carbons (Fsp3) is 0.625. The van der Waals surface area contributed by atoms with Crippen LogP contribution in [0.5, 0.6) is 0 Å². The van der Waals surface area contributed by atoms with Crippen LogP contribution in [0.3, 0.4) is 0 Å². The maximum atomic E-state index is 7.84. The second-order valence-corrected chi connectivity index (χ2v) is 7.66. The number of rotatable bonds is 11. The lowest BCUT2D eigenvalue weighted by molar-refractivity contribution is 0.167. The van der Waals surface area contributed by atoms with Crippen LogP contribution in [-0.2, 0) is 14.2 Å². The fourth-order valence-electron chi connectivity index (χ4n) is 1.56. The highest BCUT2D eigenvalue weighted by Gasteiger charge is 2.02. The van der Waals surface area contributed by atoms with Crippen molar-refractivity contribution in [3.05, 3.63) is 23.7 Å². The molecule has 0 saturated carbocycles. The van der Waals surface area contributed by atoms with E-state index in [0.29, 0.717) is 13.5 Å². The highest BCUT2D eigenvalue weighted by atomic mass is 32.2. The van der Waals surface area contributed by atoms with Gasteiger partial charge in [-0.3, -0.25) is 9.98 Å². The first-order chi connectivity index (χ1) is 12.4. The lowest BCUT2D eigenvalue weighted by Gasteiger charge is -2.11. The van der Waals surface area contributed by atoms with E-state index in [9.17, 15) is 0 Å². The molecule has 0 aromatic heterocycles. The number of aliphatic hydroxyl groups excluding tert-OH is 1. The van der Waals surface area contributed by atoms with Gasteiger partial charge in [0.15, 0.2) is 13.5 Å². The van der Waals surface area contributed by atoms with Crippen molar-refractivity contribution in [2.24, 2.45) is 9.98 Å². The molecule has 0 aromatic rings. The van der Waals surface area contributed by atoms with Gasteiger partial charge in [0.1, 0.15) is 11.5 Å². The smallest absolute Gasteiger partial charge is 0.178 e. The van der Waals surface area contributed by atoms with Gasteiger partial charge in [-0.1, -0.05) is 0 Å². The first-order valence-corrected chi connectivity index (χ1v) is 11.5. The minimum atomic E-state index is 0.236. The number of hydrogen-bond donors (Lipinski definition) is 1. The molecule has 0 amide bonds. The Morgan fingerprint density at radius 1 is 1.00 bits per heavy atom. The van der Waals surface area contributed by atoms with E-state index in [1.807, 2.05) is 41.9 Å². The quantitative estimate of drug-likeness (QED) is 0.418. The van der Waals surface area contributed by atoms with Crippen LogP contribution in [0, 0.1) is 0 Å². The Morgan fingerprint density at radius 3 is 1.84 bits per heavy atom. The van der Waals surface area contributed by atoms with Crippen molar-refractivity contribution in [3.8, 4) is 0 Å². The number of aliphatic imine (C=N–C) groups is 2. The monoisotopic (exact) mass is 406 g/mol. The van der Waals surface area contributed by atoms with Gasteiger partial charge in [-0.25, -0.2) is 0 Å². The van der Waals surface area contributed by atoms with Gasteiger partial charge in [-0.15, -0.1) is 11.8 Å². The summed E-state index contributed by atoms with van der Waals surface area (Å²) in [6, 6.07) is 0. The summed E-state index contributed by atoms with van der Waals surface area (Å²) in [7, 11) is 0. The molecule has 9 heteroatoms. The summed E-state index contributed by atoms with van der Waals surface area (Å²) in [6.07, 6.45) is 9.27. The molecule has 0 spiro atoms. The first kappa shape index (κ1) is 22.4. The van der Waals surface area contributed by atoms with E-state index < -0.39 is 0 Å². The van der Waals surface area contributed by atoms with Crippen LogP contribution >= 0.6 is 35.3 Å². The van der Waals surface area contributed by atoms with Crippen molar-refractivity contribution in [2.75, 3.05) is 61.9 Å². The summed E-state index contributed by atoms with van der Waals surface area (Å²) in [5.74, 6) is 5.96. The molecule has 0 unspecified atom stereocenters. The van der Waals surface area contributed by atoms with Crippen molar-refractivity contribution < 1.29 is 19.3 Å². The first-order valence-electron chi connectivity index (χ1n) is 7.83. The zero-order chi connectivity index (χ0) is 18.0. The summed E-state index contributed by atoms with van der Waals surface area (Å²) in [5.41, 5.74) is 0. The highest BCUT2D eigenvalue weighted by Crippen LogP contribution is 2.12. The van der Waals surface area contributed by atoms with Crippen LogP contribution < -0.4 is 0 Å². The Kier molecular flexibility index (Phi) is 15.1. The molecule has 0 aliphatic carbocycles. The summed E-state index contributed by atoms with van der Waals surface area (Å²) in [4.78, 5) is 7.93. The molecule has 2 aliphatic rings. The second-order valence-electron chi connectivity index (χ2n) is 4.61. The fourth-order valence-corrected chi connectivity index (χ4v) is 3.08. The summed E-state index contributed by atoms with van der Waals surface area (Å²) >= 11 is 5.04. The predicted octanol–water partition coefficient (Wildman–Crippen LogP) is 2.65. The van der Waals surface area contributed by atoms with E-state index in [2.05, 4.69) is 9.98 Å². The lowest BCUT2D eigenvalue weighted by Crippen LogP contribution is -2.06. The Labute approximate surface area is 162 Å². The summed E-state index contributed by atoms with van der Waals surface area (Å²) in [6.45, 7) is 2.45. The maximum Gasteiger partial charge on any atom is 0.178 e. The second kappa shape index (κ2) is 16.8. The van der Waals surface area contributed by atoms with Crippen molar-refractivity contribution in [1.29, 1.82) is 0 Å². The number of hydrogen-bond acceptors (Lipinski definition) is 9. The summed E-state index contributed by atoms with van der Waals surface area (Å²) in [5, 5.41) is 7.84. The number of allylic oxidation sites excluding steroid dienone is 2. The number of ether oxygens (including phenoxy) is 3. The number of aliphatic hydroxyl groups is 1. The van der Waals surface area contributed by atoms with Crippen molar-refractivity contribution in [3.63, 3.8) is 0 Å². The Morgan fingerprint density at radius 2 is 1.48 bits per heavy atom. The van der Waals surface area contributed by atoms with E-state index in [1.165, 1.54) is 11.8 Å². The Bertz CT molecular complexity index is 417. The zero-order valence-electron chi connectivity index (χ0n) is 14.5. The van der Waals surface area contributed by atoms with Crippen molar-refractivity contribution >= 4 is 47.7 Å². The van der Waals surface area contributed by atoms with Crippen LogP contribution in [0.1, 0.15) is 0 Å². The Hall–Kier alpha value is -0.610. The molecule has 0 atom stereocenters. The number of nitrogens with zero attached hydrogens (tertiary/aromatic N) is 2. The van der Waals surface area contributed by atoms with E-state index in [1.54, 1.807) is 12.4 Å². The molecule has 0 bridgehead atoms. The van der Waals surface area contributed by atoms with Crippen LogP contribution in [-0.4, -0.2) is 79.4 Å². The van der Waals surface area contributed by atoms with Crippen LogP contribution in [0.15, 0.2) is 33.7 Å². The average Bonchev–Trinajstić information content (AvgIpc) is 2.68. The molecule has 2 aliphatic heterocycles. The van der Waals surface area contributed by atoms with E-state index in [0.717, 1.165) is 47.7 Å². The maximum absolute atomic E-state index is 7.84. The summed E-state index contributed by atoms with van der Waals surface area (Å²) < 4.78 is 16.3. The lowest BCUT2D eigenvalue weighted by atomic mass is 10.5. The van der Waals surface area contributed by atoms with Crippen molar-refractivity contribution in [1.82, 2.24) is 0 Å². The van der Waals surface area contributed by atoms with Crippen LogP contribution in [0.2, 0.25) is 0 Å². The molecular formula is C16H26N2O4S3. The van der Waals surface area contributed by atoms with E-state index in [-0.39, 0.29) is 5.94 Å². The molecule has 0 saturated heterocycles. The van der Waals surface area contributed by atoms with Gasteiger partial charge in [0.25, 0.3) is 0 Å². The van der Waals surface area contributed by atoms with Gasteiger partial charge >= 0.3 is 0 Å². The highest BCUT2D eigenvalue weighted by molar-refractivity contribution is 7.99. The molecule has 0 radical (unpaired) electrons. The predicted molar refractivity (Wildman–Crippen MR) is 111 cm³/mol. The van der Waals surface area contributed by atoms with Gasteiger partial charge < -0.3 is 19.3 Å². The van der Waals surface area contributed by atoms with Crippen LogP contribution in [0.25, 0.3) is 0 Å². The minimum Gasteiger partial charge on any atom is -0.475 e. The molecule has 0 fully saturated rings. The molecule has 142 valence electrons. The van der Waals surface area contributed by atoms with Gasteiger partial charge in [-0.2, -0.15) is 23.5 Å². The third-order valence-electron chi connectivity index (χ3n) is 2.74. The van der Waals surface area contributed by atoms with Gasteiger partial charge in [0.05, 0.1) is 30.7 Å². The molecule has 2 heterocycles. The third-order valence-corrected chi connectivity index (χ3v) is 4.89. The zero-order valence-corrected chi connectivity index (χ0v) is 16.9. The topological polar surface area (TPSA) is 72.6 Å². The van der Waals surface area contributed by atoms with E-state index in [4.69, 9.17) is 19.3 Å². The third kappa shape index (κ3) is 13.3. The van der Waals surface area contributed by atoms with Crippen LogP contribution in [0.4, 0.5) is 0 Å². The van der Waals surface area contributed by atoms with Gasteiger partial charge in [0, 0.05) is 23.9 Å². The van der Waals surface area contributed by atoms with E-state index >= 15 is 0 Å². The normalized spacial score (nSPS) is 15.4. The standard InChI is InChI=1S/C14H20N2O3S2.C2H6OS/c1-3-15-11-18-13(1)9-20-7-5-17-6-8-21-10-14-2-4-16-12-19-14;1-4-2-3/h1-4H,5-12H2;3H,2H2,1H3. The van der Waals surface area contributed by atoms with Crippen molar-refractivity contribution in [2.45, 2.75) is 0 Å². The molecule has 1 N–H and O–H groups in total. The Balaban J connectivity index is 0.000000705. The molecule has 2 rings (SSSR count). The van der Waals surface area contributed by atoms with Gasteiger partial charge in [-0.05, 0) is 18.4 Å². The molecule has 25 heavy (non-hydrogen) atoms. The molecular weight excluding hydrogens is 380 g/mol. The SMILES string of the molecule is C1=NCOC(CSCCOCCSCC2=CC=NCO2)=C1.CSCO. The molecule has 6 nitrogen and oxygen atoms in total. The molecule has 0 aromatic carbocycles. The minimum absolute atomic E-state index is 0.236. The largest absolute Gasteiger partial charge is 0.475 e. The van der Waals surface area contributed by atoms with Gasteiger partial charge in [0.2, 0.25) is 0 Å². The average molecular weight is 407 g/mol. The number of thioether (sulfide) groups is 3.